The normalized spacial score (nSPS) is 17.6. The minimum atomic E-state index is 0.520. The Kier molecular flexibility index (Phi) is 6.62. The van der Waals surface area contributed by atoms with Crippen molar-refractivity contribution >= 4 is 32.9 Å². The van der Waals surface area contributed by atoms with Crippen LogP contribution in [0, 0.1) is 5.92 Å². The van der Waals surface area contributed by atoms with Crippen LogP contribution >= 0.6 is 0 Å². The second-order valence-corrected chi connectivity index (χ2v) is 10.6. The molecule has 4 aromatic carbocycles. The molecule has 2 aliphatic carbocycles. The van der Waals surface area contributed by atoms with Crippen molar-refractivity contribution in [1.29, 1.82) is 0 Å². The lowest BCUT2D eigenvalue weighted by atomic mass is 9.90. The van der Waals surface area contributed by atoms with Crippen molar-refractivity contribution in [2.24, 2.45) is 5.92 Å². The summed E-state index contributed by atoms with van der Waals surface area (Å²) in [6.07, 6.45) is 13.2. The fourth-order valence-electron chi connectivity index (χ4n) is 6.43. The molecule has 35 heavy (non-hydrogen) atoms. The molecule has 2 heteroatoms. The molecule has 2 nitrogen and oxygen atoms in total. The van der Waals surface area contributed by atoms with Crippen LogP contribution in [0.3, 0.4) is 0 Å². The number of fused-ring (bicyclic) bond motifs is 2. The van der Waals surface area contributed by atoms with Gasteiger partial charge in [-0.3, -0.25) is 0 Å². The van der Waals surface area contributed by atoms with E-state index in [1.807, 2.05) is 0 Å². The van der Waals surface area contributed by atoms with Crippen LogP contribution in [0.1, 0.15) is 64.2 Å². The van der Waals surface area contributed by atoms with E-state index in [2.05, 4.69) is 83.8 Å². The Bertz CT molecular complexity index is 1280. The van der Waals surface area contributed by atoms with Crippen LogP contribution in [0.25, 0.3) is 21.5 Å². The molecule has 0 aliphatic heterocycles. The molecule has 0 saturated heterocycles. The second-order valence-electron chi connectivity index (χ2n) is 10.6. The van der Waals surface area contributed by atoms with Gasteiger partial charge in [0.05, 0.1) is 6.61 Å². The van der Waals surface area contributed by atoms with Gasteiger partial charge >= 0.3 is 0 Å². The minimum Gasteiger partial charge on any atom is -0.493 e. The molecule has 6 rings (SSSR count). The van der Waals surface area contributed by atoms with Gasteiger partial charge in [-0.25, -0.2) is 0 Å². The van der Waals surface area contributed by atoms with Gasteiger partial charge in [-0.1, -0.05) is 99.2 Å². The maximum Gasteiger partial charge on any atom is 0.127 e. The third-order valence-corrected chi connectivity index (χ3v) is 8.29. The van der Waals surface area contributed by atoms with Gasteiger partial charge in [0.15, 0.2) is 0 Å². The van der Waals surface area contributed by atoms with Crippen molar-refractivity contribution < 1.29 is 4.74 Å². The van der Waals surface area contributed by atoms with Crippen LogP contribution in [0.2, 0.25) is 0 Å². The van der Waals surface area contributed by atoms with Gasteiger partial charge in [-0.2, -0.15) is 0 Å². The first-order valence-corrected chi connectivity index (χ1v) is 13.8. The molecule has 4 aromatic rings. The zero-order chi connectivity index (χ0) is 23.5. The van der Waals surface area contributed by atoms with Crippen molar-refractivity contribution in [1.82, 2.24) is 0 Å². The van der Waals surface area contributed by atoms with Gasteiger partial charge in [-0.05, 0) is 55.2 Å². The molecule has 0 spiro atoms. The summed E-state index contributed by atoms with van der Waals surface area (Å²) in [7, 11) is 0. The molecule has 0 atom stereocenters. The Hall–Kier alpha value is -3.00. The standard InChI is InChI=1S/C33H37NO/c1-3-12-25(13-4-1)24-35-33-23-22-32(29-19-9-10-20-30(29)33)34(27-16-5-2-6-17-27)31-21-11-15-26-14-7-8-18-28(26)31/h7-11,14-15,18-23,25,27H,1-6,12-13,16-17,24H2. The topological polar surface area (TPSA) is 12.5 Å². The predicted octanol–water partition coefficient (Wildman–Crippen LogP) is 9.42. The van der Waals surface area contributed by atoms with Crippen molar-refractivity contribution in [2.75, 3.05) is 11.5 Å². The Morgan fingerprint density at radius 2 is 1.20 bits per heavy atom. The number of benzene rings is 4. The molecule has 0 amide bonds. The zero-order valence-electron chi connectivity index (χ0n) is 20.8. The number of anilines is 2. The molecule has 180 valence electrons. The number of hydrogen-bond donors (Lipinski definition) is 0. The highest BCUT2D eigenvalue weighted by atomic mass is 16.5. The first-order valence-electron chi connectivity index (χ1n) is 13.8. The predicted molar refractivity (Wildman–Crippen MR) is 149 cm³/mol. The summed E-state index contributed by atoms with van der Waals surface area (Å²) in [4.78, 5) is 2.66. The molecular weight excluding hydrogens is 426 g/mol. The minimum absolute atomic E-state index is 0.520. The third-order valence-electron chi connectivity index (χ3n) is 8.29. The van der Waals surface area contributed by atoms with E-state index in [1.54, 1.807) is 0 Å². The maximum atomic E-state index is 6.50. The van der Waals surface area contributed by atoms with E-state index in [-0.39, 0.29) is 0 Å². The lowest BCUT2D eigenvalue weighted by Gasteiger charge is -2.38. The van der Waals surface area contributed by atoms with Crippen molar-refractivity contribution in [2.45, 2.75) is 70.3 Å². The maximum absolute atomic E-state index is 6.50. The van der Waals surface area contributed by atoms with Gasteiger partial charge in [-0.15, -0.1) is 0 Å². The monoisotopic (exact) mass is 463 g/mol. The molecule has 0 aromatic heterocycles. The van der Waals surface area contributed by atoms with Crippen LogP contribution in [-0.2, 0) is 0 Å². The average molecular weight is 464 g/mol. The molecule has 0 unspecified atom stereocenters. The SMILES string of the molecule is c1ccc2c(N(c3ccc(OCC4CCCCC4)c4ccccc34)C3CCCCC3)cccc2c1. The van der Waals surface area contributed by atoms with Gasteiger partial charge in [0, 0.05) is 33.6 Å². The molecule has 2 aliphatic rings. The average Bonchev–Trinajstić information content (AvgIpc) is 2.94. The highest BCUT2D eigenvalue weighted by Crippen LogP contribution is 2.43. The second kappa shape index (κ2) is 10.3. The highest BCUT2D eigenvalue weighted by molar-refractivity contribution is 6.03. The van der Waals surface area contributed by atoms with Gasteiger partial charge < -0.3 is 9.64 Å². The summed E-state index contributed by atoms with van der Waals surface area (Å²) in [6.45, 7) is 0.846. The zero-order valence-corrected chi connectivity index (χ0v) is 20.8. The Morgan fingerprint density at radius 3 is 2.00 bits per heavy atom. The van der Waals surface area contributed by atoms with Crippen LogP contribution in [0.5, 0.6) is 5.75 Å². The van der Waals surface area contributed by atoms with Crippen molar-refractivity contribution in [3.63, 3.8) is 0 Å². The van der Waals surface area contributed by atoms with E-state index in [1.165, 1.54) is 97.1 Å². The van der Waals surface area contributed by atoms with Crippen molar-refractivity contribution in [3.8, 4) is 5.75 Å². The van der Waals surface area contributed by atoms with Gasteiger partial charge in [0.1, 0.15) is 5.75 Å². The summed E-state index contributed by atoms with van der Waals surface area (Å²) >= 11 is 0. The fraction of sp³-hybridized carbons (Fsp3) is 0.394. The highest BCUT2D eigenvalue weighted by Gasteiger charge is 2.26. The van der Waals surface area contributed by atoms with Gasteiger partial charge in [0.25, 0.3) is 0 Å². The van der Waals surface area contributed by atoms with E-state index < -0.39 is 0 Å². The van der Waals surface area contributed by atoms with E-state index >= 15 is 0 Å². The molecule has 0 heterocycles. The summed E-state index contributed by atoms with van der Waals surface area (Å²) in [5.41, 5.74) is 2.64. The number of rotatable bonds is 6. The lowest BCUT2D eigenvalue weighted by molar-refractivity contribution is 0.210. The smallest absolute Gasteiger partial charge is 0.127 e. The fourth-order valence-corrected chi connectivity index (χ4v) is 6.43. The van der Waals surface area contributed by atoms with E-state index in [0.29, 0.717) is 12.0 Å². The van der Waals surface area contributed by atoms with E-state index in [4.69, 9.17) is 4.74 Å². The molecule has 0 N–H and O–H groups in total. The van der Waals surface area contributed by atoms with Crippen LogP contribution in [-0.4, -0.2) is 12.6 Å². The number of ether oxygens (including phenoxy) is 1. The van der Waals surface area contributed by atoms with Crippen molar-refractivity contribution in [3.05, 3.63) is 78.9 Å². The third kappa shape index (κ3) is 4.63. The molecule has 2 saturated carbocycles. The Morgan fingerprint density at radius 1 is 0.571 bits per heavy atom. The first kappa shape index (κ1) is 22.5. The largest absolute Gasteiger partial charge is 0.493 e. The van der Waals surface area contributed by atoms with E-state index in [0.717, 1.165) is 12.4 Å². The quantitative estimate of drug-likeness (QED) is 0.282. The summed E-state index contributed by atoms with van der Waals surface area (Å²) in [5, 5.41) is 5.18. The van der Waals surface area contributed by atoms with Crippen LogP contribution in [0.15, 0.2) is 78.9 Å². The number of hydrogen-bond acceptors (Lipinski definition) is 2. The Labute approximate surface area is 209 Å². The van der Waals surface area contributed by atoms with Crippen LogP contribution < -0.4 is 9.64 Å². The summed E-state index contributed by atoms with van der Waals surface area (Å²) in [5.74, 6) is 1.74. The molecular formula is C33H37NO. The summed E-state index contributed by atoms with van der Waals surface area (Å²) < 4.78 is 6.50. The van der Waals surface area contributed by atoms with Crippen LogP contribution in [0.4, 0.5) is 11.4 Å². The lowest BCUT2D eigenvalue weighted by Crippen LogP contribution is -2.33. The van der Waals surface area contributed by atoms with E-state index in [9.17, 15) is 0 Å². The Balaban J connectivity index is 1.44. The molecule has 0 radical (unpaired) electrons. The summed E-state index contributed by atoms with van der Waals surface area (Å²) in [6, 6.07) is 29.6. The molecule has 2 fully saturated rings. The number of nitrogens with zero attached hydrogens (tertiary/aromatic N) is 1. The first-order chi connectivity index (χ1) is 17.4. The molecule has 0 bridgehead atoms. The van der Waals surface area contributed by atoms with Gasteiger partial charge in [0.2, 0.25) is 0 Å².